The minimum absolute atomic E-state index is 0.0670. The van der Waals surface area contributed by atoms with Crippen LogP contribution in [0.4, 0.5) is 0 Å². The molecule has 2 atom stereocenters. The summed E-state index contributed by atoms with van der Waals surface area (Å²) in [4.78, 5) is 38.5. The summed E-state index contributed by atoms with van der Waals surface area (Å²) in [6.07, 6.45) is 19.7. The third kappa shape index (κ3) is 21.5. The van der Waals surface area contributed by atoms with E-state index in [9.17, 15) is 18.0 Å². The largest absolute Gasteiger partial charge is 0.460 e. The van der Waals surface area contributed by atoms with Crippen molar-refractivity contribution in [2.75, 3.05) is 34.2 Å². The second kappa shape index (κ2) is 26.7. The van der Waals surface area contributed by atoms with E-state index >= 15 is 0 Å². The summed E-state index contributed by atoms with van der Waals surface area (Å²) in [6, 6.07) is 6.40. The van der Waals surface area contributed by atoms with Crippen molar-refractivity contribution < 1.29 is 40.7 Å². The molecule has 0 aliphatic heterocycles. The molecule has 2 saturated carbocycles. The molecule has 16 heteroatoms. The first-order valence-corrected chi connectivity index (χ1v) is 25.9. The Morgan fingerprint density at radius 3 is 1.61 bits per heavy atom. The van der Waals surface area contributed by atoms with Gasteiger partial charge in [-0.25, -0.2) is 0 Å². The Morgan fingerprint density at radius 2 is 1.15 bits per heavy atom. The van der Waals surface area contributed by atoms with Gasteiger partial charge in [-0.2, -0.15) is 18.4 Å². The van der Waals surface area contributed by atoms with Crippen LogP contribution in [0.3, 0.4) is 0 Å². The highest BCUT2D eigenvalue weighted by Gasteiger charge is 2.29. The molecule has 5 rings (SSSR count). The van der Waals surface area contributed by atoms with Gasteiger partial charge in [-0.3, -0.25) is 18.7 Å². The predicted molar refractivity (Wildman–Crippen MR) is 254 cm³/mol. The predicted octanol–water partition coefficient (Wildman–Crippen LogP) is 10.5. The van der Waals surface area contributed by atoms with Crippen LogP contribution in [-0.4, -0.2) is 95.9 Å². The topological polar surface area (TPSA) is 180 Å². The van der Waals surface area contributed by atoms with Gasteiger partial charge in [0.2, 0.25) is 11.8 Å². The highest BCUT2D eigenvalue weighted by atomic mass is 32.2. The lowest BCUT2D eigenvalue weighted by Crippen LogP contribution is -2.28. The van der Waals surface area contributed by atoms with Crippen molar-refractivity contribution >= 4 is 22.1 Å². The average Bonchev–Trinajstić information content (AvgIpc) is 3.92. The third-order valence-corrected chi connectivity index (χ3v) is 13.4. The van der Waals surface area contributed by atoms with Crippen molar-refractivity contribution in [3.8, 4) is 0 Å². The fourth-order valence-corrected chi connectivity index (χ4v) is 9.50. The summed E-state index contributed by atoms with van der Waals surface area (Å²) >= 11 is 0. The monoisotopic (exact) mass is 943 g/mol. The molecule has 2 aromatic heterocycles. The minimum atomic E-state index is -3.95. The molecule has 2 aliphatic carbocycles. The number of nitrogens with zero attached hydrogens (tertiary/aromatic N) is 6. The van der Waals surface area contributed by atoms with Crippen LogP contribution in [0.5, 0.6) is 0 Å². The van der Waals surface area contributed by atoms with E-state index < -0.39 is 21.3 Å². The van der Waals surface area contributed by atoms with Crippen LogP contribution in [0.2, 0.25) is 0 Å². The van der Waals surface area contributed by atoms with Crippen LogP contribution in [0, 0.1) is 18.8 Å². The van der Waals surface area contributed by atoms with Crippen molar-refractivity contribution in [1.82, 2.24) is 30.1 Å². The van der Waals surface area contributed by atoms with Gasteiger partial charge in [-0.1, -0.05) is 118 Å². The number of carbonyl (C=O) groups excluding carboxylic acids is 2. The van der Waals surface area contributed by atoms with Crippen molar-refractivity contribution in [3.05, 3.63) is 53.3 Å². The average molecular weight is 943 g/mol. The molecule has 0 N–H and O–H groups in total. The van der Waals surface area contributed by atoms with Crippen LogP contribution < -0.4 is 0 Å². The number of hydrogen-bond donors (Lipinski definition) is 0. The summed E-state index contributed by atoms with van der Waals surface area (Å²) < 4.78 is 52.2. The number of aryl methyl sites for hydroxylation is 1. The third-order valence-electron chi connectivity index (χ3n) is 12.1. The molecule has 3 aromatic rings. The Hall–Kier alpha value is -3.73. The highest BCUT2D eigenvalue weighted by Crippen LogP contribution is 2.33. The number of ether oxygens (including phenoxy) is 2. The maximum atomic E-state index is 12.5. The number of hydrogen-bond acceptors (Lipinski definition) is 15. The summed E-state index contributed by atoms with van der Waals surface area (Å²) in [7, 11) is 2.24. The van der Waals surface area contributed by atoms with Gasteiger partial charge in [0.05, 0.1) is 24.3 Å². The fraction of sp³-hybridized carbons (Fsp3) is 0.760. The lowest BCUT2D eigenvalue weighted by atomic mass is 9.84. The van der Waals surface area contributed by atoms with Gasteiger partial charge < -0.3 is 23.4 Å². The minimum Gasteiger partial charge on any atom is -0.460 e. The number of carbonyl (C=O) groups is 2. The molecular formula is C50H82N6O9S. The Bertz CT molecular complexity index is 1970. The van der Waals surface area contributed by atoms with Gasteiger partial charge in [0.25, 0.3) is 10.1 Å². The summed E-state index contributed by atoms with van der Waals surface area (Å²) in [5.74, 6) is 2.38. The number of rotatable bonds is 23. The highest BCUT2D eigenvalue weighted by molar-refractivity contribution is 7.86. The van der Waals surface area contributed by atoms with E-state index in [1.165, 1.54) is 82.8 Å². The van der Waals surface area contributed by atoms with E-state index in [4.69, 9.17) is 22.7 Å². The van der Waals surface area contributed by atoms with Crippen LogP contribution in [0.1, 0.15) is 198 Å². The van der Waals surface area contributed by atoms with Crippen molar-refractivity contribution in [1.29, 1.82) is 0 Å². The van der Waals surface area contributed by atoms with Gasteiger partial charge >= 0.3 is 11.9 Å². The van der Waals surface area contributed by atoms with E-state index in [-0.39, 0.29) is 47.5 Å². The maximum absolute atomic E-state index is 12.5. The lowest BCUT2D eigenvalue weighted by Gasteiger charge is -2.23. The molecule has 2 aliphatic rings. The quantitative estimate of drug-likeness (QED) is 0.0646. The SMILES string of the molecule is CN(C)CCN(C)Cc1noc([C@H](CCCC2CCCCC2)CC(=O)OC(C)(C)C)n1.Cc1ccc(S(=O)(=O)OCc2noc([C@H](CCCC3CCCCC3)CC(=O)OC(C)(C)C)n2)cc1. The summed E-state index contributed by atoms with van der Waals surface area (Å²) in [5, 5.41) is 8.09. The van der Waals surface area contributed by atoms with Gasteiger partial charge in [0.15, 0.2) is 11.6 Å². The van der Waals surface area contributed by atoms with Crippen LogP contribution in [-0.2, 0) is 46.5 Å². The molecule has 0 bridgehead atoms. The molecule has 0 saturated heterocycles. The Kier molecular flexibility index (Phi) is 22.2. The first-order valence-electron chi connectivity index (χ1n) is 24.5. The van der Waals surface area contributed by atoms with E-state index in [0.717, 1.165) is 62.6 Å². The van der Waals surface area contributed by atoms with Gasteiger partial charge in [0.1, 0.15) is 17.8 Å². The van der Waals surface area contributed by atoms with Gasteiger partial charge in [-0.15, -0.1) is 0 Å². The van der Waals surface area contributed by atoms with Crippen molar-refractivity contribution in [2.24, 2.45) is 11.8 Å². The van der Waals surface area contributed by atoms with Crippen LogP contribution in [0.25, 0.3) is 0 Å². The van der Waals surface area contributed by atoms with Crippen molar-refractivity contribution in [2.45, 2.75) is 205 Å². The fourth-order valence-electron chi connectivity index (χ4n) is 8.64. The molecule has 2 heterocycles. The second-order valence-corrected chi connectivity index (χ2v) is 22.6. The molecule has 2 fully saturated rings. The normalized spacial score (nSPS) is 16.5. The van der Waals surface area contributed by atoms with E-state index in [2.05, 4.69) is 51.2 Å². The number of benzene rings is 1. The first-order chi connectivity index (χ1) is 31.1. The molecule has 1 aromatic carbocycles. The standard InChI is InChI=1S/C26H38N2O6S.C24H44N4O3/c1-19-13-15-22(16-14-19)35(30,31)32-18-23-27-25(34-28-23)21(17-24(29)33-26(2,3)4)12-8-11-20-9-6-5-7-10-20;1-24(2,3)30-22(29)17-20(14-10-13-19-11-8-7-9-12-19)23-25-21(26-31-23)18-28(6)16-15-27(4)5/h13-16,20-21H,5-12,17-18H2,1-4H3;19-20H,7-18H2,1-6H3/t21-;20-/m11/s1. The smallest absolute Gasteiger partial charge is 0.307 e. The maximum Gasteiger partial charge on any atom is 0.307 e. The lowest BCUT2D eigenvalue weighted by molar-refractivity contribution is -0.156. The summed E-state index contributed by atoms with van der Waals surface area (Å²) in [6.45, 7) is 15.3. The van der Waals surface area contributed by atoms with E-state index in [1.54, 1.807) is 12.1 Å². The zero-order valence-corrected chi connectivity index (χ0v) is 42.8. The number of likely N-dealkylation sites (N-methyl/N-ethyl adjacent to an activating group) is 2. The Balaban J connectivity index is 0.000000291. The van der Waals surface area contributed by atoms with E-state index in [0.29, 0.717) is 30.6 Å². The van der Waals surface area contributed by atoms with Crippen molar-refractivity contribution in [3.63, 3.8) is 0 Å². The zero-order valence-electron chi connectivity index (χ0n) is 41.9. The number of esters is 2. The first kappa shape index (κ1) is 54.9. The Labute approximate surface area is 396 Å². The van der Waals surface area contributed by atoms with Crippen LogP contribution in [0.15, 0.2) is 38.2 Å². The second-order valence-electron chi connectivity index (χ2n) is 21.0. The zero-order chi connectivity index (χ0) is 48.3. The molecule has 66 heavy (non-hydrogen) atoms. The molecule has 0 unspecified atom stereocenters. The van der Waals surface area contributed by atoms with Crippen LogP contribution >= 0.6 is 0 Å². The molecule has 372 valence electrons. The van der Waals surface area contributed by atoms with Gasteiger partial charge in [0, 0.05) is 24.9 Å². The number of aromatic nitrogens is 4. The summed E-state index contributed by atoms with van der Waals surface area (Å²) in [5.41, 5.74) is -0.118. The Morgan fingerprint density at radius 1 is 0.697 bits per heavy atom. The molecule has 0 amide bonds. The van der Waals surface area contributed by atoms with Gasteiger partial charge in [-0.05, 0) is 106 Å². The molecular weight excluding hydrogens is 861 g/mol. The molecule has 15 nitrogen and oxygen atoms in total. The van der Waals surface area contributed by atoms with E-state index in [1.807, 2.05) is 48.5 Å². The molecule has 0 spiro atoms. The molecule has 0 radical (unpaired) electrons.